The van der Waals surface area contributed by atoms with Crippen LogP contribution in [0.2, 0.25) is 5.02 Å². The van der Waals surface area contributed by atoms with Crippen molar-refractivity contribution < 1.29 is 9.53 Å². The van der Waals surface area contributed by atoms with Crippen molar-refractivity contribution in [2.45, 2.75) is 19.9 Å². The maximum absolute atomic E-state index is 12.0. The van der Waals surface area contributed by atoms with Crippen molar-refractivity contribution in [3.63, 3.8) is 0 Å². The zero-order valence-corrected chi connectivity index (χ0v) is 14.6. The molecule has 23 heavy (non-hydrogen) atoms. The van der Waals surface area contributed by atoms with Crippen LogP contribution in [0.25, 0.3) is 0 Å². The van der Waals surface area contributed by atoms with E-state index in [1.165, 1.54) is 0 Å². The van der Waals surface area contributed by atoms with Crippen LogP contribution in [0.3, 0.4) is 0 Å². The molecule has 0 fully saturated rings. The van der Waals surface area contributed by atoms with Crippen LogP contribution >= 0.6 is 11.6 Å². The molecule has 0 heterocycles. The Morgan fingerprint density at radius 1 is 1.35 bits per heavy atom. The highest BCUT2D eigenvalue weighted by atomic mass is 35.5. The summed E-state index contributed by atoms with van der Waals surface area (Å²) in [7, 11) is 1.66. The summed E-state index contributed by atoms with van der Waals surface area (Å²) in [4.78, 5) is 16.4. The molecule has 128 valence electrons. The third-order valence-electron chi connectivity index (χ3n) is 2.93. The predicted octanol–water partition coefficient (Wildman–Crippen LogP) is 1.66. The summed E-state index contributed by atoms with van der Waals surface area (Å²) in [5.41, 5.74) is 0.469. The molecule has 1 amide bonds. The number of nitrogens with zero attached hydrogens (tertiary/aromatic N) is 1. The van der Waals surface area contributed by atoms with Gasteiger partial charge in [-0.15, -0.1) is 0 Å². The number of rotatable bonds is 8. The van der Waals surface area contributed by atoms with E-state index >= 15 is 0 Å². The summed E-state index contributed by atoms with van der Waals surface area (Å²) >= 11 is 5.99. The average Bonchev–Trinajstić information content (AvgIpc) is 2.52. The van der Waals surface area contributed by atoms with Crippen LogP contribution in [0.15, 0.2) is 29.3 Å². The second kappa shape index (κ2) is 10.9. The highest BCUT2D eigenvalue weighted by Crippen LogP contribution is 2.14. The van der Waals surface area contributed by atoms with Gasteiger partial charge in [0.15, 0.2) is 5.96 Å². The molecule has 0 radical (unpaired) electrons. The van der Waals surface area contributed by atoms with E-state index in [0.29, 0.717) is 36.2 Å². The summed E-state index contributed by atoms with van der Waals surface area (Å²) in [6.45, 7) is 6.25. The number of ether oxygens (including phenoxy) is 1. The molecule has 0 aliphatic carbocycles. The van der Waals surface area contributed by atoms with Crippen molar-refractivity contribution in [1.29, 1.82) is 0 Å². The quantitative estimate of drug-likeness (QED) is 0.382. The number of carbonyl (C=O) groups excluding carboxylic acids is 1. The van der Waals surface area contributed by atoms with Crippen molar-refractivity contribution in [2.24, 2.45) is 4.99 Å². The molecule has 1 atom stereocenters. The molecule has 0 aliphatic heterocycles. The maximum Gasteiger partial charge on any atom is 0.252 e. The molecular formula is C16H25ClN4O2. The van der Waals surface area contributed by atoms with Gasteiger partial charge >= 0.3 is 0 Å². The number of hydrogen-bond acceptors (Lipinski definition) is 3. The maximum atomic E-state index is 12.0. The zero-order valence-electron chi connectivity index (χ0n) is 13.9. The Labute approximate surface area is 142 Å². The molecule has 7 heteroatoms. The van der Waals surface area contributed by atoms with Gasteiger partial charge in [0.2, 0.25) is 0 Å². The molecule has 0 saturated carbocycles. The topological polar surface area (TPSA) is 74.8 Å². The largest absolute Gasteiger partial charge is 0.383 e. The van der Waals surface area contributed by atoms with Crippen LogP contribution in [0.4, 0.5) is 0 Å². The smallest absolute Gasteiger partial charge is 0.252 e. The van der Waals surface area contributed by atoms with E-state index in [-0.39, 0.29) is 11.9 Å². The Morgan fingerprint density at radius 3 is 2.74 bits per heavy atom. The lowest BCUT2D eigenvalue weighted by molar-refractivity contribution is 0.0955. The molecular weight excluding hydrogens is 316 g/mol. The van der Waals surface area contributed by atoms with Crippen LogP contribution in [0.1, 0.15) is 24.2 Å². The highest BCUT2D eigenvalue weighted by molar-refractivity contribution is 6.33. The molecule has 0 bridgehead atoms. The summed E-state index contributed by atoms with van der Waals surface area (Å²) in [5.74, 6) is 0.501. The van der Waals surface area contributed by atoms with Crippen LogP contribution in [0.5, 0.6) is 0 Å². The number of amides is 1. The summed E-state index contributed by atoms with van der Waals surface area (Å²) in [6, 6.07) is 7.11. The first-order valence-corrected chi connectivity index (χ1v) is 8.02. The third kappa shape index (κ3) is 7.34. The molecule has 1 aromatic carbocycles. The molecule has 3 N–H and O–H groups in total. The van der Waals surface area contributed by atoms with Crippen LogP contribution in [-0.2, 0) is 4.74 Å². The minimum absolute atomic E-state index is 0.149. The number of halogens is 1. The Balaban J connectivity index is 2.45. The van der Waals surface area contributed by atoms with Crippen molar-refractivity contribution in [3.8, 4) is 0 Å². The van der Waals surface area contributed by atoms with Crippen molar-refractivity contribution >= 4 is 23.5 Å². The molecule has 1 aromatic rings. The average molecular weight is 341 g/mol. The van der Waals surface area contributed by atoms with E-state index in [1.807, 2.05) is 13.8 Å². The van der Waals surface area contributed by atoms with Gasteiger partial charge in [-0.05, 0) is 26.0 Å². The van der Waals surface area contributed by atoms with Gasteiger partial charge in [-0.3, -0.25) is 9.79 Å². The number of benzene rings is 1. The van der Waals surface area contributed by atoms with Gasteiger partial charge in [0.05, 0.1) is 23.7 Å². The fraction of sp³-hybridized carbons (Fsp3) is 0.500. The number of methoxy groups -OCH3 is 1. The van der Waals surface area contributed by atoms with Gasteiger partial charge in [0.1, 0.15) is 0 Å². The van der Waals surface area contributed by atoms with Crippen LogP contribution in [0, 0.1) is 0 Å². The molecule has 1 unspecified atom stereocenters. The fourth-order valence-corrected chi connectivity index (χ4v) is 2.14. The van der Waals surface area contributed by atoms with Crippen LogP contribution in [-0.4, -0.2) is 51.3 Å². The molecule has 0 spiro atoms. The minimum atomic E-state index is -0.198. The van der Waals surface area contributed by atoms with E-state index in [9.17, 15) is 4.79 Å². The minimum Gasteiger partial charge on any atom is -0.383 e. The Hall–Kier alpha value is -1.79. The van der Waals surface area contributed by atoms with Crippen molar-refractivity contribution in [2.75, 3.05) is 33.4 Å². The molecule has 0 saturated heterocycles. The number of carbonyl (C=O) groups is 1. The molecule has 1 rings (SSSR count). The van der Waals surface area contributed by atoms with Crippen molar-refractivity contribution in [1.82, 2.24) is 16.0 Å². The van der Waals surface area contributed by atoms with Crippen molar-refractivity contribution in [3.05, 3.63) is 34.9 Å². The zero-order chi connectivity index (χ0) is 17.1. The molecule has 6 nitrogen and oxygen atoms in total. The van der Waals surface area contributed by atoms with E-state index in [2.05, 4.69) is 20.9 Å². The first kappa shape index (κ1) is 19.3. The lowest BCUT2D eigenvalue weighted by Crippen LogP contribution is -2.44. The number of guanidine groups is 1. The first-order chi connectivity index (χ1) is 11.1. The normalized spacial score (nSPS) is 12.6. The lowest BCUT2D eigenvalue weighted by Gasteiger charge is -2.17. The monoisotopic (exact) mass is 340 g/mol. The Morgan fingerprint density at radius 2 is 2.09 bits per heavy atom. The molecule has 0 aromatic heterocycles. The van der Waals surface area contributed by atoms with E-state index in [0.717, 1.165) is 6.54 Å². The standard InChI is InChI=1S/C16H25ClN4O2/c1-4-18-16(21-12(2)11-23-3)20-10-9-19-15(22)13-7-5-6-8-14(13)17/h5-8,12H,4,9-11H2,1-3H3,(H,19,22)(H2,18,20,21). The summed E-state index contributed by atoms with van der Waals surface area (Å²) in [6.07, 6.45) is 0. The van der Waals surface area contributed by atoms with Gasteiger partial charge < -0.3 is 20.7 Å². The van der Waals surface area contributed by atoms with Gasteiger partial charge in [-0.25, -0.2) is 0 Å². The number of aliphatic imine (C=N–C) groups is 1. The van der Waals surface area contributed by atoms with Gasteiger partial charge in [-0.2, -0.15) is 0 Å². The van der Waals surface area contributed by atoms with E-state index < -0.39 is 0 Å². The lowest BCUT2D eigenvalue weighted by atomic mass is 10.2. The first-order valence-electron chi connectivity index (χ1n) is 7.65. The fourth-order valence-electron chi connectivity index (χ4n) is 1.92. The molecule has 0 aliphatic rings. The third-order valence-corrected chi connectivity index (χ3v) is 3.26. The van der Waals surface area contributed by atoms with Gasteiger partial charge in [0.25, 0.3) is 5.91 Å². The number of nitrogens with one attached hydrogen (secondary N) is 3. The van der Waals surface area contributed by atoms with E-state index in [1.54, 1.807) is 31.4 Å². The van der Waals surface area contributed by atoms with Crippen LogP contribution < -0.4 is 16.0 Å². The Bertz CT molecular complexity index is 523. The summed E-state index contributed by atoms with van der Waals surface area (Å²) in [5, 5.41) is 9.62. The highest BCUT2D eigenvalue weighted by Gasteiger charge is 2.08. The second-order valence-corrected chi connectivity index (χ2v) is 5.40. The summed E-state index contributed by atoms with van der Waals surface area (Å²) < 4.78 is 5.09. The van der Waals surface area contributed by atoms with Gasteiger partial charge in [0, 0.05) is 26.2 Å². The predicted molar refractivity (Wildman–Crippen MR) is 94.2 cm³/mol. The Kier molecular flexibility index (Phi) is 9.09. The number of hydrogen-bond donors (Lipinski definition) is 3. The SMILES string of the molecule is CCNC(=NCCNC(=O)c1ccccc1Cl)NC(C)COC. The van der Waals surface area contributed by atoms with Gasteiger partial charge in [-0.1, -0.05) is 23.7 Å². The second-order valence-electron chi connectivity index (χ2n) is 5.00. The van der Waals surface area contributed by atoms with E-state index in [4.69, 9.17) is 16.3 Å².